The van der Waals surface area contributed by atoms with Crippen LogP contribution in [0, 0.1) is 0 Å². The number of halogens is 1. The van der Waals surface area contributed by atoms with Crippen LogP contribution in [0.3, 0.4) is 0 Å². The second-order valence-electron chi connectivity index (χ2n) is 9.26. The highest BCUT2D eigenvalue weighted by molar-refractivity contribution is 6.31. The molecule has 0 saturated carbocycles. The van der Waals surface area contributed by atoms with Crippen LogP contribution in [-0.2, 0) is 49.3 Å². The van der Waals surface area contributed by atoms with Crippen molar-refractivity contribution in [2.75, 3.05) is 13.2 Å². The first-order chi connectivity index (χ1) is 19.0. The number of hydrogen-bond donors (Lipinski definition) is 0. The molecule has 1 fully saturated rings. The van der Waals surface area contributed by atoms with Gasteiger partial charge in [-0.25, -0.2) is 0 Å². The Labute approximate surface area is 235 Å². The molecule has 2 aliphatic rings. The lowest BCUT2D eigenvalue weighted by Crippen LogP contribution is -2.59. The van der Waals surface area contributed by atoms with Gasteiger partial charge >= 0.3 is 23.9 Å². The van der Waals surface area contributed by atoms with E-state index in [1.54, 1.807) is 18.2 Å². The van der Waals surface area contributed by atoms with Gasteiger partial charge < -0.3 is 33.2 Å². The maximum Gasteiger partial charge on any atom is 0.305 e. The van der Waals surface area contributed by atoms with E-state index in [9.17, 15) is 19.2 Å². The largest absolute Gasteiger partial charge is 0.486 e. The lowest BCUT2D eigenvalue weighted by molar-refractivity contribution is -0.298. The Kier molecular flexibility index (Phi) is 9.16. The maximum absolute atomic E-state index is 12.1. The van der Waals surface area contributed by atoms with Gasteiger partial charge in [-0.2, -0.15) is 0 Å². The van der Waals surface area contributed by atoms with Crippen LogP contribution in [-0.4, -0.2) is 61.7 Å². The first-order valence-electron chi connectivity index (χ1n) is 12.5. The fourth-order valence-electron chi connectivity index (χ4n) is 4.63. The zero-order chi connectivity index (χ0) is 29.0. The van der Waals surface area contributed by atoms with Gasteiger partial charge in [-0.3, -0.25) is 19.2 Å². The second kappa shape index (κ2) is 12.6. The van der Waals surface area contributed by atoms with Crippen molar-refractivity contribution in [2.45, 2.75) is 64.8 Å². The number of benzene rings is 2. The molecule has 1 unspecified atom stereocenters. The Morgan fingerprint density at radius 3 is 2.00 bits per heavy atom. The molecule has 5 atom stereocenters. The average Bonchev–Trinajstić information content (AvgIpc) is 2.87. The van der Waals surface area contributed by atoms with Crippen molar-refractivity contribution in [3.05, 3.63) is 58.1 Å². The normalized spacial score (nSPS) is 23.5. The Morgan fingerprint density at radius 1 is 0.750 bits per heavy atom. The third kappa shape index (κ3) is 7.02. The maximum atomic E-state index is 12.1. The van der Waals surface area contributed by atoms with Crippen LogP contribution in [0.5, 0.6) is 11.5 Å². The molecule has 2 heterocycles. The Morgan fingerprint density at radius 2 is 1.35 bits per heavy atom. The van der Waals surface area contributed by atoms with E-state index < -0.39 is 54.6 Å². The summed E-state index contributed by atoms with van der Waals surface area (Å²) in [6, 6.07) is 10.6. The van der Waals surface area contributed by atoms with Crippen molar-refractivity contribution in [3.8, 4) is 11.5 Å². The van der Waals surface area contributed by atoms with Crippen molar-refractivity contribution in [1.82, 2.24) is 0 Å². The van der Waals surface area contributed by atoms with Crippen molar-refractivity contribution in [1.29, 1.82) is 0 Å². The van der Waals surface area contributed by atoms with E-state index in [1.165, 1.54) is 6.92 Å². The number of fused-ring (bicyclic) bond motifs is 1. The highest BCUT2D eigenvalue weighted by Crippen LogP contribution is 2.39. The summed E-state index contributed by atoms with van der Waals surface area (Å²) in [5.41, 5.74) is 2.09. The lowest BCUT2D eigenvalue weighted by Gasteiger charge is -2.44. The van der Waals surface area contributed by atoms with Crippen LogP contribution < -0.4 is 9.47 Å². The topological polar surface area (TPSA) is 133 Å². The molecule has 12 heteroatoms. The molecule has 0 spiro atoms. The number of esters is 4. The molecule has 2 aromatic rings. The molecule has 2 aliphatic heterocycles. The second-order valence-corrected chi connectivity index (χ2v) is 9.67. The quantitative estimate of drug-likeness (QED) is 0.354. The molecule has 214 valence electrons. The van der Waals surface area contributed by atoms with Gasteiger partial charge in [0.05, 0.1) is 0 Å². The van der Waals surface area contributed by atoms with E-state index in [-0.39, 0.29) is 0 Å². The van der Waals surface area contributed by atoms with E-state index in [1.807, 2.05) is 18.2 Å². The Balaban J connectivity index is 1.73. The highest BCUT2D eigenvalue weighted by atomic mass is 35.5. The predicted octanol–water partition coefficient (Wildman–Crippen LogP) is 3.46. The van der Waals surface area contributed by atoms with E-state index >= 15 is 0 Å². The third-order valence-electron chi connectivity index (χ3n) is 6.08. The van der Waals surface area contributed by atoms with Crippen LogP contribution in [0.25, 0.3) is 0 Å². The zero-order valence-corrected chi connectivity index (χ0v) is 23.1. The van der Waals surface area contributed by atoms with E-state index in [4.69, 9.17) is 44.8 Å². The molecule has 0 N–H and O–H groups in total. The molecule has 40 heavy (non-hydrogen) atoms. The first kappa shape index (κ1) is 29.2. The number of carbonyl (C=O) groups excluding carboxylic acids is 4. The van der Waals surface area contributed by atoms with Gasteiger partial charge in [0.25, 0.3) is 0 Å². The van der Waals surface area contributed by atoms with Crippen molar-refractivity contribution in [2.24, 2.45) is 0 Å². The molecule has 11 nitrogen and oxygen atoms in total. The lowest BCUT2D eigenvalue weighted by atomic mass is 9.91. The molecule has 2 aromatic carbocycles. The zero-order valence-electron chi connectivity index (χ0n) is 22.3. The number of hydrogen-bond acceptors (Lipinski definition) is 11. The van der Waals surface area contributed by atoms with Crippen LogP contribution in [0.1, 0.15) is 50.5 Å². The predicted molar refractivity (Wildman–Crippen MR) is 138 cm³/mol. The molecule has 0 bridgehead atoms. The van der Waals surface area contributed by atoms with E-state index in [2.05, 4.69) is 0 Å². The Hall–Kier alpha value is -3.83. The fourth-order valence-corrected chi connectivity index (χ4v) is 4.81. The van der Waals surface area contributed by atoms with Crippen LogP contribution in [0.4, 0.5) is 0 Å². The highest BCUT2D eigenvalue weighted by Gasteiger charge is 2.53. The van der Waals surface area contributed by atoms with Crippen molar-refractivity contribution < 1.29 is 52.3 Å². The summed E-state index contributed by atoms with van der Waals surface area (Å²) in [6.45, 7) is 5.53. The van der Waals surface area contributed by atoms with Crippen molar-refractivity contribution in [3.63, 3.8) is 0 Å². The fraction of sp³-hybridized carbons (Fsp3) is 0.429. The molecule has 1 saturated heterocycles. The van der Waals surface area contributed by atoms with Crippen LogP contribution in [0.15, 0.2) is 36.4 Å². The minimum Gasteiger partial charge on any atom is -0.486 e. The number of carbonyl (C=O) groups is 4. The van der Waals surface area contributed by atoms with Gasteiger partial charge in [0.15, 0.2) is 23.7 Å². The molecule has 4 rings (SSSR count). The molecule has 0 radical (unpaired) electrons. The minimum atomic E-state index is -1.47. The van der Waals surface area contributed by atoms with Gasteiger partial charge in [-0.15, -0.1) is 0 Å². The first-order valence-corrected chi connectivity index (χ1v) is 12.9. The molecular weight excluding hydrogens is 548 g/mol. The summed E-state index contributed by atoms with van der Waals surface area (Å²) in [5.74, 6) is -1.64. The summed E-state index contributed by atoms with van der Waals surface area (Å²) >= 11 is 6.55. The van der Waals surface area contributed by atoms with Gasteiger partial charge in [-0.1, -0.05) is 29.8 Å². The van der Waals surface area contributed by atoms with E-state index in [0.29, 0.717) is 47.3 Å². The van der Waals surface area contributed by atoms with Crippen molar-refractivity contribution >= 4 is 35.5 Å². The summed E-state index contributed by atoms with van der Waals surface area (Å²) in [7, 11) is 0. The summed E-state index contributed by atoms with van der Waals surface area (Å²) in [5, 5.41) is 0.462. The molecule has 0 aliphatic carbocycles. The summed E-state index contributed by atoms with van der Waals surface area (Å²) < 4.78 is 39.0. The Bertz CT molecular complexity index is 1290. The standard InChI is InChI=1S/C28H29ClO11/c1-14(30)36-25-24(40-28(39-17(4)33)27(38-16(3)32)26(25)37-15(2)31)19-6-7-21(29)20(13-19)11-18-5-8-22-23(12-18)35-10-9-34-22/h5-8,12-13,24-28H,9-11H2,1-4H3/t24-,25-,26+,27-,28?/m0/s1. The van der Waals surface area contributed by atoms with Gasteiger partial charge in [0.2, 0.25) is 12.4 Å². The van der Waals surface area contributed by atoms with Gasteiger partial charge in [0, 0.05) is 32.7 Å². The monoisotopic (exact) mass is 576 g/mol. The number of ether oxygens (including phenoxy) is 7. The van der Waals surface area contributed by atoms with Crippen LogP contribution in [0.2, 0.25) is 5.02 Å². The molecular formula is C28H29ClO11. The minimum absolute atomic E-state index is 0.408. The average molecular weight is 577 g/mol. The molecule has 0 amide bonds. The van der Waals surface area contributed by atoms with Gasteiger partial charge in [-0.05, 0) is 41.3 Å². The van der Waals surface area contributed by atoms with Crippen LogP contribution >= 0.6 is 11.6 Å². The third-order valence-corrected chi connectivity index (χ3v) is 6.45. The SMILES string of the molecule is CC(=O)OC1O[C@@H](c2ccc(Cl)c(Cc3ccc4c(c3)OCCO4)c2)[C@H](OC(C)=O)[C@@H](OC(C)=O)[C@@H]1OC(C)=O. The molecule has 0 aromatic heterocycles. The van der Waals surface area contributed by atoms with Gasteiger partial charge in [0.1, 0.15) is 19.3 Å². The summed E-state index contributed by atoms with van der Waals surface area (Å²) in [4.78, 5) is 48.0. The van der Waals surface area contributed by atoms with E-state index in [0.717, 1.165) is 26.3 Å². The number of rotatable bonds is 7. The summed E-state index contributed by atoms with van der Waals surface area (Å²) in [6.07, 6.45) is -6.19. The smallest absolute Gasteiger partial charge is 0.305 e.